The van der Waals surface area contributed by atoms with Crippen molar-refractivity contribution in [2.45, 2.75) is 25.3 Å². The normalized spacial score (nSPS) is 27.4. The minimum atomic E-state index is -0.172. The molecule has 0 spiro atoms. The van der Waals surface area contributed by atoms with E-state index in [1.54, 1.807) is 11.0 Å². The number of piperidine rings is 3. The predicted molar refractivity (Wildman–Crippen MR) is 94.9 cm³/mol. The van der Waals surface area contributed by atoms with Gasteiger partial charge in [0, 0.05) is 31.1 Å². The zero-order valence-electron chi connectivity index (χ0n) is 14.6. The number of hydrogen-bond donors (Lipinski definition) is 1. The highest BCUT2D eigenvalue weighted by Gasteiger charge is 2.35. The van der Waals surface area contributed by atoms with Crippen molar-refractivity contribution >= 4 is 22.8 Å². The van der Waals surface area contributed by atoms with Crippen LogP contribution in [0.15, 0.2) is 22.9 Å². The molecule has 4 saturated heterocycles. The number of carbonyl (C=O) groups excluding carboxylic acids is 2. The van der Waals surface area contributed by atoms with E-state index >= 15 is 0 Å². The minimum Gasteiger partial charge on any atom is -0.462 e. The lowest BCUT2D eigenvalue weighted by Gasteiger charge is -2.44. The van der Waals surface area contributed by atoms with Crippen molar-refractivity contribution in [3.8, 4) is 0 Å². The van der Waals surface area contributed by atoms with E-state index < -0.39 is 0 Å². The van der Waals surface area contributed by atoms with Gasteiger partial charge in [-0.05, 0) is 44.3 Å². The van der Waals surface area contributed by atoms with Gasteiger partial charge in [-0.15, -0.1) is 0 Å². The summed E-state index contributed by atoms with van der Waals surface area (Å²) in [6.45, 7) is 4.76. The van der Waals surface area contributed by atoms with Crippen LogP contribution in [-0.2, 0) is 0 Å². The van der Waals surface area contributed by atoms with Crippen LogP contribution < -0.4 is 5.32 Å². The molecule has 6 rings (SSSR count). The number of hydrogen-bond acceptors (Lipinski definition) is 5. The average molecular weight is 354 g/mol. The van der Waals surface area contributed by atoms with Crippen molar-refractivity contribution in [1.82, 2.24) is 20.1 Å². The molecular weight excluding hydrogens is 332 g/mol. The molecule has 0 aromatic carbocycles. The molecular formula is C19H22N4O3. The van der Waals surface area contributed by atoms with Gasteiger partial charge in [-0.1, -0.05) is 0 Å². The second-order valence-corrected chi connectivity index (χ2v) is 7.58. The Morgan fingerprint density at radius 2 is 2.00 bits per heavy atom. The summed E-state index contributed by atoms with van der Waals surface area (Å²) in [5, 5.41) is 3.81. The molecule has 4 fully saturated rings. The van der Waals surface area contributed by atoms with Gasteiger partial charge in [0.05, 0.1) is 11.8 Å². The Labute approximate surface area is 151 Å². The van der Waals surface area contributed by atoms with Crippen LogP contribution in [0.25, 0.3) is 11.0 Å². The van der Waals surface area contributed by atoms with E-state index in [1.165, 1.54) is 12.5 Å². The third-order valence-electron chi connectivity index (χ3n) is 6.04. The summed E-state index contributed by atoms with van der Waals surface area (Å²) in [7, 11) is 0. The SMILES string of the molecule is O=C(N[C@H]1CN2CCC1CC2)c1cc2c(C(=O)N3CCC3)coc2cn1. The molecule has 0 aliphatic carbocycles. The third kappa shape index (κ3) is 2.58. The van der Waals surface area contributed by atoms with Gasteiger partial charge in [0.2, 0.25) is 0 Å². The predicted octanol–water partition coefficient (Wildman–Crippen LogP) is 1.50. The first-order chi connectivity index (χ1) is 12.7. The van der Waals surface area contributed by atoms with Gasteiger partial charge in [-0.2, -0.15) is 0 Å². The highest BCUT2D eigenvalue weighted by Crippen LogP contribution is 2.28. The number of likely N-dealkylation sites (tertiary alicyclic amines) is 1. The molecule has 1 atom stereocenters. The van der Waals surface area contributed by atoms with Crippen molar-refractivity contribution in [1.29, 1.82) is 0 Å². The summed E-state index contributed by atoms with van der Waals surface area (Å²) in [5.74, 6) is 0.351. The van der Waals surface area contributed by atoms with Gasteiger partial charge in [-0.3, -0.25) is 9.59 Å². The molecule has 1 N–H and O–H groups in total. The Morgan fingerprint density at radius 1 is 1.19 bits per heavy atom. The van der Waals surface area contributed by atoms with Gasteiger partial charge in [0.25, 0.3) is 11.8 Å². The Balaban J connectivity index is 1.38. The maximum Gasteiger partial charge on any atom is 0.270 e. The number of nitrogens with zero attached hydrogens (tertiary/aromatic N) is 3. The maximum atomic E-state index is 12.7. The molecule has 2 aromatic rings. The van der Waals surface area contributed by atoms with E-state index in [0.29, 0.717) is 28.1 Å². The number of furan rings is 1. The van der Waals surface area contributed by atoms with E-state index in [0.717, 1.165) is 52.0 Å². The number of fused-ring (bicyclic) bond motifs is 4. The Hall–Kier alpha value is -2.41. The lowest BCUT2D eigenvalue weighted by Crippen LogP contribution is -2.57. The molecule has 4 aliphatic heterocycles. The number of carbonyl (C=O) groups is 2. The summed E-state index contributed by atoms with van der Waals surface area (Å²) >= 11 is 0. The van der Waals surface area contributed by atoms with Crippen LogP contribution in [0.4, 0.5) is 0 Å². The first-order valence-corrected chi connectivity index (χ1v) is 9.39. The molecule has 6 heterocycles. The first kappa shape index (κ1) is 15.8. The summed E-state index contributed by atoms with van der Waals surface area (Å²) in [6.07, 6.45) is 6.34. The molecule has 7 heteroatoms. The maximum absolute atomic E-state index is 12.7. The summed E-state index contributed by atoms with van der Waals surface area (Å²) < 4.78 is 5.47. The van der Waals surface area contributed by atoms with Gasteiger partial charge >= 0.3 is 0 Å². The van der Waals surface area contributed by atoms with E-state index in [-0.39, 0.29) is 17.9 Å². The number of aromatic nitrogens is 1. The zero-order chi connectivity index (χ0) is 17.7. The molecule has 0 unspecified atom stereocenters. The van der Waals surface area contributed by atoms with Crippen molar-refractivity contribution in [2.24, 2.45) is 5.92 Å². The lowest BCUT2D eigenvalue weighted by atomic mass is 9.84. The van der Waals surface area contributed by atoms with Gasteiger partial charge in [-0.25, -0.2) is 4.98 Å². The van der Waals surface area contributed by atoms with E-state index in [9.17, 15) is 9.59 Å². The van der Waals surface area contributed by atoms with Crippen LogP contribution >= 0.6 is 0 Å². The summed E-state index contributed by atoms with van der Waals surface area (Å²) in [5.41, 5.74) is 1.39. The highest BCUT2D eigenvalue weighted by atomic mass is 16.3. The van der Waals surface area contributed by atoms with E-state index in [4.69, 9.17) is 4.42 Å². The van der Waals surface area contributed by atoms with Crippen LogP contribution in [0, 0.1) is 5.92 Å². The standard InChI is InChI=1S/C19H22N4O3/c24-18(21-16-10-22-6-2-12(16)3-7-22)15-8-13-14(11-26-17(13)9-20-15)19(25)23-4-1-5-23/h8-9,11-12,16H,1-7,10H2,(H,21,24)/t16-/m0/s1. The molecule has 0 radical (unpaired) electrons. The molecule has 0 saturated carbocycles. The second-order valence-electron chi connectivity index (χ2n) is 7.58. The molecule has 2 amide bonds. The molecule has 2 aromatic heterocycles. The number of nitrogens with one attached hydrogen (secondary N) is 1. The first-order valence-electron chi connectivity index (χ1n) is 9.39. The monoisotopic (exact) mass is 354 g/mol. The van der Waals surface area contributed by atoms with Crippen molar-refractivity contribution in [3.05, 3.63) is 29.8 Å². The van der Waals surface area contributed by atoms with E-state index in [2.05, 4.69) is 15.2 Å². The number of amides is 2. The Bertz CT molecular complexity index is 865. The Morgan fingerprint density at radius 3 is 2.65 bits per heavy atom. The third-order valence-corrected chi connectivity index (χ3v) is 6.04. The van der Waals surface area contributed by atoms with Crippen LogP contribution in [-0.4, -0.2) is 65.4 Å². The van der Waals surface area contributed by atoms with Crippen LogP contribution in [0.1, 0.15) is 40.1 Å². The molecule has 7 nitrogen and oxygen atoms in total. The van der Waals surface area contributed by atoms with Crippen molar-refractivity contribution in [2.75, 3.05) is 32.7 Å². The van der Waals surface area contributed by atoms with Gasteiger partial charge in [0.15, 0.2) is 5.58 Å². The van der Waals surface area contributed by atoms with Gasteiger partial charge < -0.3 is 19.5 Å². The number of pyridine rings is 1. The van der Waals surface area contributed by atoms with Crippen LogP contribution in [0.2, 0.25) is 0 Å². The van der Waals surface area contributed by atoms with Crippen molar-refractivity contribution < 1.29 is 14.0 Å². The summed E-state index contributed by atoms with van der Waals surface area (Å²) in [6, 6.07) is 1.87. The van der Waals surface area contributed by atoms with Crippen molar-refractivity contribution in [3.63, 3.8) is 0 Å². The quantitative estimate of drug-likeness (QED) is 0.904. The largest absolute Gasteiger partial charge is 0.462 e. The topological polar surface area (TPSA) is 78.7 Å². The summed E-state index contributed by atoms with van der Waals surface area (Å²) in [4.78, 5) is 33.7. The second kappa shape index (κ2) is 6.09. The van der Waals surface area contributed by atoms with Gasteiger partial charge in [0.1, 0.15) is 12.0 Å². The molecule has 26 heavy (non-hydrogen) atoms. The smallest absolute Gasteiger partial charge is 0.270 e. The lowest BCUT2D eigenvalue weighted by molar-refractivity contribution is 0.0617. The van der Waals surface area contributed by atoms with E-state index in [1.807, 2.05) is 0 Å². The Kier molecular flexibility index (Phi) is 3.70. The molecule has 2 bridgehead atoms. The fourth-order valence-corrected chi connectivity index (χ4v) is 4.28. The molecule has 136 valence electrons. The van der Waals surface area contributed by atoms with Crippen LogP contribution in [0.3, 0.4) is 0 Å². The zero-order valence-corrected chi connectivity index (χ0v) is 14.6. The fraction of sp³-hybridized carbons (Fsp3) is 0.526. The minimum absolute atomic E-state index is 0.0371. The average Bonchev–Trinajstić information content (AvgIpc) is 3.04. The number of rotatable bonds is 3. The van der Waals surface area contributed by atoms with Crippen LogP contribution in [0.5, 0.6) is 0 Å². The fourth-order valence-electron chi connectivity index (χ4n) is 4.28. The molecule has 4 aliphatic rings. The highest BCUT2D eigenvalue weighted by molar-refractivity contribution is 6.07.